The molecule has 0 bridgehead atoms. The molecule has 0 aliphatic carbocycles. The number of alkyl halides is 3. The molecule has 27 heavy (non-hydrogen) atoms. The van der Waals surface area contributed by atoms with Crippen molar-refractivity contribution in [1.29, 1.82) is 0 Å². The second kappa shape index (κ2) is 7.12. The van der Waals surface area contributed by atoms with Crippen molar-refractivity contribution in [1.82, 2.24) is 29.7 Å². The van der Waals surface area contributed by atoms with Gasteiger partial charge in [-0.15, -0.1) is 21.5 Å². The minimum Gasteiger partial charge on any atom is -0.467 e. The minimum absolute atomic E-state index is 0.209. The summed E-state index contributed by atoms with van der Waals surface area (Å²) in [4.78, 5) is 11.8. The maximum absolute atomic E-state index is 12.8. The number of furan rings is 1. The number of hydrogen-bond donors (Lipinski definition) is 0. The van der Waals surface area contributed by atoms with Crippen molar-refractivity contribution in [2.75, 3.05) is 0 Å². The third-order valence-corrected chi connectivity index (χ3v) is 5.28. The third kappa shape index (κ3) is 3.85. The van der Waals surface area contributed by atoms with Gasteiger partial charge in [-0.3, -0.25) is 9.55 Å². The van der Waals surface area contributed by atoms with Crippen molar-refractivity contribution in [3.05, 3.63) is 53.8 Å². The normalized spacial score (nSPS) is 11.8. The Morgan fingerprint density at radius 1 is 1.22 bits per heavy atom. The standard InChI is InChI=1S/C15H9F3N6OS2/c16-15(17,18)11-8-26-14(21-11)27-13-23-22-12(10-6-19-3-4-20-10)24(13)7-9-2-1-5-25-9/h1-6,8H,7H2. The molecule has 0 saturated heterocycles. The monoisotopic (exact) mass is 410 g/mol. The maximum atomic E-state index is 12.8. The Hall–Kier alpha value is -2.73. The SMILES string of the molecule is FC(F)(F)c1csc(Sc2nnc(-c3cnccn3)n2Cc2ccco2)n1. The molecule has 0 spiro atoms. The number of aromatic nitrogens is 6. The fourth-order valence-electron chi connectivity index (χ4n) is 2.18. The van der Waals surface area contributed by atoms with Gasteiger partial charge in [0.2, 0.25) is 0 Å². The van der Waals surface area contributed by atoms with E-state index in [-0.39, 0.29) is 10.9 Å². The summed E-state index contributed by atoms with van der Waals surface area (Å²) < 4.78 is 45.6. The van der Waals surface area contributed by atoms with Gasteiger partial charge in [0.05, 0.1) is 19.0 Å². The highest BCUT2D eigenvalue weighted by Crippen LogP contribution is 2.36. The first kappa shape index (κ1) is 17.7. The Balaban J connectivity index is 1.70. The van der Waals surface area contributed by atoms with Crippen molar-refractivity contribution >= 4 is 23.1 Å². The molecule has 4 aromatic rings. The molecule has 0 fully saturated rings. The summed E-state index contributed by atoms with van der Waals surface area (Å²) in [7, 11) is 0. The predicted molar refractivity (Wildman–Crippen MR) is 90.1 cm³/mol. The summed E-state index contributed by atoms with van der Waals surface area (Å²) in [6.07, 6.45) is 1.63. The highest BCUT2D eigenvalue weighted by molar-refractivity contribution is 8.00. The first-order valence-corrected chi connectivity index (χ1v) is 9.13. The Morgan fingerprint density at radius 3 is 2.78 bits per heavy atom. The van der Waals surface area contributed by atoms with E-state index >= 15 is 0 Å². The zero-order valence-electron chi connectivity index (χ0n) is 13.3. The fourth-order valence-corrected chi connectivity index (χ4v) is 3.93. The number of halogens is 3. The molecule has 7 nitrogen and oxygen atoms in total. The molecule has 4 heterocycles. The van der Waals surface area contributed by atoms with E-state index in [1.807, 2.05) is 0 Å². The minimum atomic E-state index is -4.48. The van der Waals surface area contributed by atoms with Crippen LogP contribution in [0, 0.1) is 0 Å². The van der Waals surface area contributed by atoms with E-state index in [1.54, 1.807) is 16.7 Å². The summed E-state index contributed by atoms with van der Waals surface area (Å²) in [6.45, 7) is 0.283. The predicted octanol–water partition coefficient (Wildman–Crippen LogP) is 4.00. The average Bonchev–Trinajstić information content (AvgIpc) is 3.38. The lowest BCUT2D eigenvalue weighted by Crippen LogP contribution is -2.05. The van der Waals surface area contributed by atoms with Gasteiger partial charge in [0, 0.05) is 17.8 Å². The van der Waals surface area contributed by atoms with E-state index in [9.17, 15) is 13.2 Å². The first-order valence-electron chi connectivity index (χ1n) is 7.43. The Labute approximate surface area is 158 Å². The molecule has 12 heteroatoms. The molecular formula is C15H9F3N6OS2. The molecule has 0 radical (unpaired) electrons. The van der Waals surface area contributed by atoms with Gasteiger partial charge < -0.3 is 4.42 Å². The second-order valence-corrected chi connectivity index (χ2v) is 7.23. The van der Waals surface area contributed by atoms with Crippen LogP contribution < -0.4 is 0 Å². The topological polar surface area (TPSA) is 82.5 Å². The molecule has 0 saturated carbocycles. The van der Waals surface area contributed by atoms with Crippen LogP contribution in [-0.4, -0.2) is 29.7 Å². The van der Waals surface area contributed by atoms with Crippen molar-refractivity contribution in [3.63, 3.8) is 0 Å². The van der Waals surface area contributed by atoms with Crippen LogP contribution in [0.25, 0.3) is 11.5 Å². The number of thiazole rings is 1. The molecule has 0 amide bonds. The van der Waals surface area contributed by atoms with Crippen LogP contribution in [0.1, 0.15) is 11.5 Å². The van der Waals surface area contributed by atoms with Crippen LogP contribution in [0.4, 0.5) is 13.2 Å². The summed E-state index contributed by atoms with van der Waals surface area (Å²) in [6, 6.07) is 3.52. The van der Waals surface area contributed by atoms with Gasteiger partial charge in [0.1, 0.15) is 11.5 Å². The van der Waals surface area contributed by atoms with Gasteiger partial charge in [-0.1, -0.05) is 0 Å². The second-order valence-electron chi connectivity index (χ2n) is 5.16. The summed E-state index contributed by atoms with van der Waals surface area (Å²) in [5.41, 5.74) is -0.445. The Bertz CT molecular complexity index is 1030. The van der Waals surface area contributed by atoms with Crippen LogP contribution in [0.3, 0.4) is 0 Å². The van der Waals surface area contributed by atoms with E-state index in [2.05, 4.69) is 25.1 Å². The molecule has 0 atom stereocenters. The van der Waals surface area contributed by atoms with Crippen molar-refractivity contribution in [3.8, 4) is 11.5 Å². The lowest BCUT2D eigenvalue weighted by atomic mass is 10.4. The summed E-state index contributed by atoms with van der Waals surface area (Å²) in [5, 5.41) is 9.55. The zero-order valence-corrected chi connectivity index (χ0v) is 14.9. The fraction of sp³-hybridized carbons (Fsp3) is 0.133. The first-order chi connectivity index (χ1) is 13.0. The average molecular weight is 410 g/mol. The number of rotatable bonds is 5. The molecular weight excluding hydrogens is 401 g/mol. The van der Waals surface area contributed by atoms with Gasteiger partial charge in [-0.25, -0.2) is 9.97 Å². The number of nitrogens with zero attached hydrogens (tertiary/aromatic N) is 6. The molecule has 4 aromatic heterocycles. The van der Waals surface area contributed by atoms with E-state index < -0.39 is 11.9 Å². The molecule has 0 aliphatic heterocycles. The van der Waals surface area contributed by atoms with Crippen LogP contribution in [0.2, 0.25) is 0 Å². The lowest BCUT2D eigenvalue weighted by Gasteiger charge is -2.07. The largest absolute Gasteiger partial charge is 0.467 e. The van der Waals surface area contributed by atoms with Gasteiger partial charge in [-0.2, -0.15) is 13.2 Å². The zero-order chi connectivity index (χ0) is 18.9. The van der Waals surface area contributed by atoms with Crippen molar-refractivity contribution in [2.45, 2.75) is 22.2 Å². The van der Waals surface area contributed by atoms with E-state index in [0.717, 1.165) is 28.5 Å². The van der Waals surface area contributed by atoms with Crippen molar-refractivity contribution in [2.24, 2.45) is 0 Å². The highest BCUT2D eigenvalue weighted by Gasteiger charge is 2.34. The summed E-state index contributed by atoms with van der Waals surface area (Å²) in [5.74, 6) is 1.06. The molecule has 4 rings (SSSR count). The van der Waals surface area contributed by atoms with Crippen LogP contribution in [0.5, 0.6) is 0 Å². The van der Waals surface area contributed by atoms with Gasteiger partial charge in [-0.05, 0) is 23.9 Å². The smallest absolute Gasteiger partial charge is 0.434 e. The Morgan fingerprint density at radius 2 is 2.11 bits per heavy atom. The molecule has 0 aromatic carbocycles. The Kier molecular flexibility index (Phi) is 4.66. The van der Waals surface area contributed by atoms with Gasteiger partial charge in [0.15, 0.2) is 21.0 Å². The van der Waals surface area contributed by atoms with E-state index in [0.29, 0.717) is 22.4 Å². The quantitative estimate of drug-likeness (QED) is 0.492. The van der Waals surface area contributed by atoms with Gasteiger partial charge in [0.25, 0.3) is 0 Å². The van der Waals surface area contributed by atoms with Crippen LogP contribution in [-0.2, 0) is 12.7 Å². The molecule has 0 N–H and O–H groups in total. The van der Waals surface area contributed by atoms with Crippen molar-refractivity contribution < 1.29 is 17.6 Å². The molecule has 0 unspecified atom stereocenters. The third-order valence-electron chi connectivity index (χ3n) is 3.36. The highest BCUT2D eigenvalue weighted by atomic mass is 32.2. The summed E-state index contributed by atoms with van der Waals surface area (Å²) >= 11 is 1.89. The molecule has 0 aliphatic rings. The molecule has 138 valence electrons. The van der Waals surface area contributed by atoms with Crippen LogP contribution in [0.15, 0.2) is 56.3 Å². The van der Waals surface area contributed by atoms with E-state index in [4.69, 9.17) is 4.42 Å². The maximum Gasteiger partial charge on any atom is 0.434 e. The van der Waals surface area contributed by atoms with Crippen LogP contribution >= 0.6 is 23.1 Å². The lowest BCUT2D eigenvalue weighted by molar-refractivity contribution is -0.141. The van der Waals surface area contributed by atoms with E-state index in [1.165, 1.54) is 24.9 Å². The number of hydrogen-bond acceptors (Lipinski definition) is 8. The van der Waals surface area contributed by atoms with Gasteiger partial charge >= 0.3 is 6.18 Å².